The van der Waals surface area contributed by atoms with Crippen LogP contribution in [0.1, 0.15) is 18.4 Å². The fourth-order valence-corrected chi connectivity index (χ4v) is 4.44. The number of nitrogens with zero attached hydrogens (tertiary/aromatic N) is 3. The van der Waals surface area contributed by atoms with Gasteiger partial charge in [-0.05, 0) is 60.9 Å². The lowest BCUT2D eigenvalue weighted by molar-refractivity contribution is -0.116. The number of nitrogens with one attached hydrogen (secondary N) is 2. The van der Waals surface area contributed by atoms with Crippen molar-refractivity contribution in [1.29, 1.82) is 0 Å². The Hall–Kier alpha value is -3.29. The minimum atomic E-state index is -0.221. The molecule has 1 aliphatic heterocycles. The quantitative estimate of drug-likeness (QED) is 0.426. The predicted molar refractivity (Wildman–Crippen MR) is 142 cm³/mol. The van der Waals surface area contributed by atoms with E-state index in [9.17, 15) is 9.59 Å². The molecule has 1 fully saturated rings. The maximum absolute atomic E-state index is 12.7. The number of aryl methyl sites for hydroxylation is 1. The van der Waals surface area contributed by atoms with Crippen LogP contribution in [0.5, 0.6) is 0 Å². The Balaban J connectivity index is 1.22. The molecule has 1 aliphatic rings. The SMILES string of the molecule is O=C(CCCc1cccnc1)Nc1ccc(N2CCN(C(=O)Nc3c(Cl)cccc3Cl)CC2)cc1. The zero-order chi connectivity index (χ0) is 24.6. The molecular formula is C26H27Cl2N5O2. The van der Waals surface area contributed by atoms with Crippen molar-refractivity contribution in [1.82, 2.24) is 9.88 Å². The Labute approximate surface area is 215 Å². The molecule has 2 aromatic carbocycles. The molecule has 9 heteroatoms. The number of halogens is 2. The molecule has 3 aromatic rings. The highest BCUT2D eigenvalue weighted by molar-refractivity contribution is 6.39. The van der Waals surface area contributed by atoms with Crippen LogP contribution in [-0.2, 0) is 11.2 Å². The van der Waals surface area contributed by atoms with E-state index in [-0.39, 0.29) is 11.9 Å². The van der Waals surface area contributed by atoms with E-state index in [1.54, 1.807) is 29.3 Å². The molecule has 1 aromatic heterocycles. The van der Waals surface area contributed by atoms with Crippen molar-refractivity contribution in [2.24, 2.45) is 0 Å². The number of anilines is 3. The number of rotatable bonds is 7. The van der Waals surface area contributed by atoms with Gasteiger partial charge in [-0.25, -0.2) is 4.79 Å². The summed E-state index contributed by atoms with van der Waals surface area (Å²) in [5.74, 6) is -0.000102. The molecule has 0 saturated carbocycles. The van der Waals surface area contributed by atoms with Crippen LogP contribution in [0.25, 0.3) is 0 Å². The van der Waals surface area contributed by atoms with Gasteiger partial charge < -0.3 is 20.4 Å². The second-order valence-electron chi connectivity index (χ2n) is 8.31. The lowest BCUT2D eigenvalue weighted by Crippen LogP contribution is -2.50. The average molecular weight is 512 g/mol. The third-order valence-corrected chi connectivity index (χ3v) is 6.50. The summed E-state index contributed by atoms with van der Waals surface area (Å²) < 4.78 is 0. The third-order valence-electron chi connectivity index (χ3n) is 5.87. The van der Waals surface area contributed by atoms with Gasteiger partial charge in [0.25, 0.3) is 0 Å². The van der Waals surface area contributed by atoms with Crippen LogP contribution in [0, 0.1) is 0 Å². The summed E-state index contributed by atoms with van der Waals surface area (Å²) in [7, 11) is 0. The zero-order valence-corrected chi connectivity index (χ0v) is 20.7. The van der Waals surface area contributed by atoms with Crippen LogP contribution in [-0.4, -0.2) is 48.0 Å². The molecule has 0 aliphatic carbocycles. The summed E-state index contributed by atoms with van der Waals surface area (Å²) in [6.07, 6.45) is 5.64. The van der Waals surface area contributed by atoms with Gasteiger partial charge in [-0.15, -0.1) is 0 Å². The van der Waals surface area contributed by atoms with Crippen molar-refractivity contribution in [2.45, 2.75) is 19.3 Å². The lowest BCUT2D eigenvalue weighted by Gasteiger charge is -2.36. The van der Waals surface area contributed by atoms with Gasteiger partial charge in [0.1, 0.15) is 0 Å². The van der Waals surface area contributed by atoms with Crippen molar-refractivity contribution in [3.8, 4) is 0 Å². The zero-order valence-electron chi connectivity index (χ0n) is 19.2. The minimum Gasteiger partial charge on any atom is -0.368 e. The molecule has 2 N–H and O–H groups in total. The van der Waals surface area contributed by atoms with Gasteiger partial charge in [0.05, 0.1) is 15.7 Å². The molecule has 4 rings (SSSR count). The Morgan fingerprint density at radius 1 is 0.886 bits per heavy atom. The smallest absolute Gasteiger partial charge is 0.322 e. The van der Waals surface area contributed by atoms with Gasteiger partial charge in [-0.2, -0.15) is 0 Å². The van der Waals surface area contributed by atoms with E-state index in [1.807, 2.05) is 42.6 Å². The first kappa shape index (κ1) is 24.8. The molecular weight excluding hydrogens is 485 g/mol. The van der Waals surface area contributed by atoms with Gasteiger partial charge in [0, 0.05) is 56.4 Å². The van der Waals surface area contributed by atoms with Gasteiger partial charge >= 0.3 is 6.03 Å². The molecule has 1 saturated heterocycles. The van der Waals surface area contributed by atoms with Gasteiger partial charge in [0.2, 0.25) is 5.91 Å². The van der Waals surface area contributed by atoms with Gasteiger partial charge in [0.15, 0.2) is 0 Å². The first-order valence-corrected chi connectivity index (χ1v) is 12.3. The molecule has 35 heavy (non-hydrogen) atoms. The van der Waals surface area contributed by atoms with E-state index in [4.69, 9.17) is 23.2 Å². The molecule has 0 atom stereocenters. The van der Waals surface area contributed by atoms with Crippen molar-refractivity contribution in [3.05, 3.63) is 82.6 Å². The van der Waals surface area contributed by atoms with Crippen LogP contribution in [0.3, 0.4) is 0 Å². The summed E-state index contributed by atoms with van der Waals surface area (Å²) in [6.45, 7) is 2.54. The number of piperazine rings is 1. The molecule has 182 valence electrons. The van der Waals surface area contributed by atoms with E-state index >= 15 is 0 Å². The first-order valence-electron chi connectivity index (χ1n) is 11.5. The molecule has 7 nitrogen and oxygen atoms in total. The van der Waals surface area contributed by atoms with Gasteiger partial charge in [-0.1, -0.05) is 35.3 Å². The molecule has 0 radical (unpaired) electrons. The number of benzene rings is 2. The number of hydrogen-bond acceptors (Lipinski definition) is 4. The Morgan fingerprint density at radius 3 is 2.26 bits per heavy atom. The summed E-state index contributed by atoms with van der Waals surface area (Å²) in [4.78, 5) is 33.0. The van der Waals surface area contributed by atoms with Crippen LogP contribution in [0.15, 0.2) is 67.0 Å². The minimum absolute atomic E-state index is 0.000102. The van der Waals surface area contributed by atoms with E-state index in [0.29, 0.717) is 48.3 Å². The van der Waals surface area contributed by atoms with Crippen LogP contribution in [0.4, 0.5) is 21.9 Å². The van der Waals surface area contributed by atoms with Crippen molar-refractivity contribution in [3.63, 3.8) is 0 Å². The summed E-state index contributed by atoms with van der Waals surface area (Å²) in [5.41, 5.74) is 3.39. The Morgan fingerprint density at radius 2 is 1.60 bits per heavy atom. The molecule has 3 amide bonds. The van der Waals surface area contributed by atoms with Crippen molar-refractivity contribution < 1.29 is 9.59 Å². The highest BCUT2D eigenvalue weighted by atomic mass is 35.5. The maximum Gasteiger partial charge on any atom is 0.322 e. The second kappa shape index (κ2) is 11.9. The Kier molecular flexibility index (Phi) is 8.45. The summed E-state index contributed by atoms with van der Waals surface area (Å²) >= 11 is 12.3. The molecule has 0 bridgehead atoms. The van der Waals surface area contributed by atoms with Crippen molar-refractivity contribution >= 4 is 52.2 Å². The number of carbonyl (C=O) groups is 2. The number of hydrogen-bond donors (Lipinski definition) is 2. The maximum atomic E-state index is 12.7. The molecule has 0 unspecified atom stereocenters. The van der Waals surface area contributed by atoms with E-state index in [1.165, 1.54) is 0 Å². The van der Waals surface area contributed by atoms with Gasteiger partial charge in [-0.3, -0.25) is 9.78 Å². The monoisotopic (exact) mass is 511 g/mol. The molecule has 0 spiro atoms. The third kappa shape index (κ3) is 6.87. The fraction of sp³-hybridized carbons (Fsp3) is 0.269. The summed E-state index contributed by atoms with van der Waals surface area (Å²) in [5, 5.41) is 6.59. The Bertz CT molecular complexity index is 1130. The van der Waals surface area contributed by atoms with Crippen LogP contribution in [0.2, 0.25) is 10.0 Å². The number of urea groups is 1. The van der Waals surface area contributed by atoms with Crippen LogP contribution < -0.4 is 15.5 Å². The number of pyridine rings is 1. The largest absolute Gasteiger partial charge is 0.368 e. The second-order valence-corrected chi connectivity index (χ2v) is 9.13. The normalized spacial score (nSPS) is 13.4. The van der Waals surface area contributed by atoms with Crippen molar-refractivity contribution in [2.75, 3.05) is 41.7 Å². The average Bonchev–Trinajstić information content (AvgIpc) is 2.87. The first-order chi connectivity index (χ1) is 17.0. The number of para-hydroxylation sites is 1. The molecule has 2 heterocycles. The number of carbonyl (C=O) groups excluding carboxylic acids is 2. The van der Waals surface area contributed by atoms with E-state index in [0.717, 1.165) is 29.8 Å². The summed E-state index contributed by atoms with van der Waals surface area (Å²) in [6, 6.07) is 16.6. The highest BCUT2D eigenvalue weighted by Crippen LogP contribution is 2.30. The highest BCUT2D eigenvalue weighted by Gasteiger charge is 2.22. The van der Waals surface area contributed by atoms with E-state index in [2.05, 4.69) is 20.5 Å². The predicted octanol–water partition coefficient (Wildman–Crippen LogP) is 5.70. The fourth-order valence-electron chi connectivity index (χ4n) is 3.95. The van der Waals surface area contributed by atoms with Crippen LogP contribution >= 0.6 is 23.2 Å². The lowest BCUT2D eigenvalue weighted by atomic mass is 10.1. The number of amides is 3. The topological polar surface area (TPSA) is 77.6 Å². The van der Waals surface area contributed by atoms with E-state index < -0.39 is 0 Å². The number of aromatic nitrogens is 1. The standard InChI is InChI=1S/C26H27Cl2N5O2/c27-22-6-2-7-23(28)25(22)31-26(35)33-16-14-32(15-17-33)21-11-9-20(10-12-21)30-24(34)8-1-4-19-5-3-13-29-18-19/h2-3,5-7,9-13,18H,1,4,8,14-17H2,(H,30,34)(H,31,35).